The monoisotopic (exact) mass is 201 g/mol. The lowest BCUT2D eigenvalue weighted by Gasteiger charge is -2.37. The van der Waals surface area contributed by atoms with E-state index in [1.165, 1.54) is 6.42 Å². The molecule has 0 unspecified atom stereocenters. The molecule has 0 heterocycles. The molecule has 3 heteroatoms. The van der Waals surface area contributed by atoms with Gasteiger partial charge in [0.1, 0.15) is 0 Å². The normalized spacial score (nSPS) is 29.6. The third kappa shape index (κ3) is 3.56. The summed E-state index contributed by atoms with van der Waals surface area (Å²) in [7, 11) is 1.98. The van der Waals surface area contributed by atoms with Crippen molar-refractivity contribution in [3.63, 3.8) is 0 Å². The molecule has 1 aliphatic rings. The molecule has 0 radical (unpaired) electrons. The highest BCUT2D eigenvalue weighted by atomic mass is 16.3. The van der Waals surface area contributed by atoms with Crippen molar-refractivity contribution < 1.29 is 10.2 Å². The van der Waals surface area contributed by atoms with Crippen molar-refractivity contribution >= 4 is 0 Å². The summed E-state index contributed by atoms with van der Waals surface area (Å²) < 4.78 is 0. The smallest absolute Gasteiger partial charge is 0.0718 e. The molecule has 14 heavy (non-hydrogen) atoms. The highest BCUT2D eigenvalue weighted by Crippen LogP contribution is 2.23. The van der Waals surface area contributed by atoms with Crippen molar-refractivity contribution in [2.45, 2.75) is 57.3 Å². The van der Waals surface area contributed by atoms with Crippen molar-refractivity contribution in [3.8, 4) is 0 Å². The van der Waals surface area contributed by atoms with Crippen molar-refractivity contribution in [1.82, 2.24) is 4.90 Å². The molecular formula is C11H23NO2. The fraction of sp³-hybridized carbons (Fsp3) is 1.00. The minimum absolute atomic E-state index is 0.212. The number of rotatable bonds is 3. The highest BCUT2D eigenvalue weighted by Gasteiger charge is 2.29. The molecule has 0 saturated heterocycles. The van der Waals surface area contributed by atoms with Gasteiger partial charge in [-0.15, -0.1) is 0 Å². The molecule has 0 aliphatic heterocycles. The average Bonchev–Trinajstić information content (AvgIpc) is 2.01. The Morgan fingerprint density at radius 3 is 2.36 bits per heavy atom. The lowest BCUT2D eigenvalue weighted by atomic mass is 9.91. The second kappa shape index (κ2) is 4.60. The van der Waals surface area contributed by atoms with Gasteiger partial charge in [0, 0.05) is 12.6 Å². The van der Waals surface area contributed by atoms with Gasteiger partial charge < -0.3 is 10.2 Å². The summed E-state index contributed by atoms with van der Waals surface area (Å²) in [4.78, 5) is 2.09. The van der Waals surface area contributed by atoms with E-state index in [1.54, 1.807) is 13.8 Å². The van der Waals surface area contributed by atoms with E-state index in [0.29, 0.717) is 6.54 Å². The van der Waals surface area contributed by atoms with Gasteiger partial charge in [0.05, 0.1) is 11.7 Å². The van der Waals surface area contributed by atoms with E-state index in [-0.39, 0.29) is 12.1 Å². The zero-order chi connectivity index (χ0) is 10.8. The molecule has 0 aromatic carbocycles. The molecule has 1 fully saturated rings. The Morgan fingerprint density at radius 2 is 1.86 bits per heavy atom. The molecule has 0 spiro atoms. The van der Waals surface area contributed by atoms with Crippen LogP contribution in [0.5, 0.6) is 0 Å². The van der Waals surface area contributed by atoms with E-state index >= 15 is 0 Å². The van der Waals surface area contributed by atoms with Crippen molar-refractivity contribution in [3.05, 3.63) is 0 Å². The first-order valence-electron chi connectivity index (χ1n) is 5.51. The molecule has 0 aromatic heterocycles. The maximum atomic E-state index is 9.81. The summed E-state index contributed by atoms with van der Waals surface area (Å²) in [5.74, 6) is 0. The SMILES string of the molecule is CN(CC(C)(C)O)[C@@H]1CCCC[C@H]1O. The molecular weight excluding hydrogens is 178 g/mol. The van der Waals surface area contributed by atoms with Gasteiger partial charge in [0.15, 0.2) is 0 Å². The Labute approximate surface area is 86.7 Å². The summed E-state index contributed by atoms with van der Waals surface area (Å²) in [6.07, 6.45) is 4.07. The first-order chi connectivity index (χ1) is 6.40. The number of nitrogens with zero attached hydrogens (tertiary/aromatic N) is 1. The van der Waals surface area contributed by atoms with Gasteiger partial charge in [-0.25, -0.2) is 0 Å². The van der Waals surface area contributed by atoms with Gasteiger partial charge in [-0.3, -0.25) is 4.90 Å². The van der Waals surface area contributed by atoms with E-state index in [4.69, 9.17) is 0 Å². The fourth-order valence-corrected chi connectivity index (χ4v) is 2.33. The minimum Gasteiger partial charge on any atom is -0.391 e. The number of hydrogen-bond acceptors (Lipinski definition) is 3. The van der Waals surface area contributed by atoms with Crippen LogP contribution >= 0.6 is 0 Å². The Morgan fingerprint density at radius 1 is 1.29 bits per heavy atom. The van der Waals surface area contributed by atoms with Gasteiger partial charge in [0.2, 0.25) is 0 Å². The van der Waals surface area contributed by atoms with Crippen LogP contribution in [0.1, 0.15) is 39.5 Å². The van der Waals surface area contributed by atoms with Crippen molar-refractivity contribution in [2.24, 2.45) is 0 Å². The molecule has 0 amide bonds. The lowest BCUT2D eigenvalue weighted by molar-refractivity contribution is -0.0155. The number of hydrogen-bond donors (Lipinski definition) is 2. The molecule has 1 saturated carbocycles. The summed E-state index contributed by atoms with van der Waals surface area (Å²) >= 11 is 0. The Balaban J connectivity index is 2.46. The van der Waals surface area contributed by atoms with E-state index in [0.717, 1.165) is 19.3 Å². The van der Waals surface area contributed by atoms with Gasteiger partial charge in [-0.05, 0) is 33.7 Å². The van der Waals surface area contributed by atoms with E-state index in [9.17, 15) is 10.2 Å². The largest absolute Gasteiger partial charge is 0.391 e. The van der Waals surface area contributed by atoms with Crippen LogP contribution in [0.15, 0.2) is 0 Å². The molecule has 0 aromatic rings. The van der Waals surface area contributed by atoms with Gasteiger partial charge in [0.25, 0.3) is 0 Å². The zero-order valence-corrected chi connectivity index (χ0v) is 9.53. The van der Waals surface area contributed by atoms with Crippen LogP contribution in [-0.4, -0.2) is 46.5 Å². The molecule has 1 aliphatic carbocycles. The third-order valence-corrected chi connectivity index (χ3v) is 2.90. The predicted molar refractivity (Wildman–Crippen MR) is 57.2 cm³/mol. The quantitative estimate of drug-likeness (QED) is 0.716. The van der Waals surface area contributed by atoms with Crippen LogP contribution < -0.4 is 0 Å². The predicted octanol–water partition coefficient (Wildman–Crippen LogP) is 0.993. The summed E-state index contributed by atoms with van der Waals surface area (Å²) in [5.41, 5.74) is -0.675. The average molecular weight is 201 g/mol. The molecule has 0 bridgehead atoms. The third-order valence-electron chi connectivity index (χ3n) is 2.90. The van der Waals surface area contributed by atoms with Crippen LogP contribution in [-0.2, 0) is 0 Å². The molecule has 1 rings (SSSR count). The molecule has 3 nitrogen and oxygen atoms in total. The second-order valence-electron chi connectivity index (χ2n) is 5.15. The maximum absolute atomic E-state index is 9.81. The van der Waals surface area contributed by atoms with E-state index < -0.39 is 5.60 Å². The minimum atomic E-state index is -0.675. The van der Waals surface area contributed by atoms with Crippen LogP contribution in [0, 0.1) is 0 Å². The standard InChI is InChI=1S/C11H23NO2/c1-11(2,14)8-12(3)9-6-4-5-7-10(9)13/h9-10,13-14H,4-8H2,1-3H3/t9-,10-/m1/s1. The Bertz CT molecular complexity index is 177. The maximum Gasteiger partial charge on any atom is 0.0718 e. The Hall–Kier alpha value is -0.120. The summed E-state index contributed by atoms with van der Waals surface area (Å²) in [6.45, 7) is 4.23. The van der Waals surface area contributed by atoms with Crippen LogP contribution in [0.3, 0.4) is 0 Å². The van der Waals surface area contributed by atoms with Crippen molar-refractivity contribution in [2.75, 3.05) is 13.6 Å². The molecule has 2 N–H and O–H groups in total. The van der Waals surface area contributed by atoms with Crippen LogP contribution in [0.4, 0.5) is 0 Å². The van der Waals surface area contributed by atoms with Gasteiger partial charge >= 0.3 is 0 Å². The number of aliphatic hydroxyl groups is 2. The second-order valence-corrected chi connectivity index (χ2v) is 5.15. The highest BCUT2D eigenvalue weighted by molar-refractivity contribution is 4.84. The summed E-state index contributed by atoms with van der Waals surface area (Å²) in [6, 6.07) is 0.232. The fourth-order valence-electron chi connectivity index (χ4n) is 2.33. The molecule has 2 atom stereocenters. The zero-order valence-electron chi connectivity index (χ0n) is 9.53. The van der Waals surface area contributed by atoms with Crippen LogP contribution in [0.2, 0.25) is 0 Å². The summed E-state index contributed by atoms with van der Waals surface area (Å²) in [5, 5.41) is 19.5. The van der Waals surface area contributed by atoms with Crippen molar-refractivity contribution in [1.29, 1.82) is 0 Å². The lowest BCUT2D eigenvalue weighted by Crippen LogP contribution is -2.48. The molecule has 84 valence electrons. The van der Waals surface area contributed by atoms with Gasteiger partial charge in [-0.2, -0.15) is 0 Å². The van der Waals surface area contributed by atoms with Crippen LogP contribution in [0.25, 0.3) is 0 Å². The van der Waals surface area contributed by atoms with Gasteiger partial charge in [-0.1, -0.05) is 12.8 Å². The topological polar surface area (TPSA) is 43.7 Å². The first-order valence-corrected chi connectivity index (χ1v) is 5.51. The Kier molecular flexibility index (Phi) is 3.93. The van der Waals surface area contributed by atoms with E-state index in [2.05, 4.69) is 4.90 Å². The number of aliphatic hydroxyl groups excluding tert-OH is 1. The number of likely N-dealkylation sites (N-methyl/N-ethyl adjacent to an activating group) is 1. The first kappa shape index (κ1) is 12.0. The van der Waals surface area contributed by atoms with E-state index in [1.807, 2.05) is 7.05 Å².